The van der Waals surface area contributed by atoms with Crippen LogP contribution in [0.3, 0.4) is 0 Å². The number of carbonyl (C=O) groups excluding carboxylic acids is 2. The number of thioether (sulfide) groups is 1. The first-order valence-electron chi connectivity index (χ1n) is 14.6. The van der Waals surface area contributed by atoms with Gasteiger partial charge in [0.25, 0.3) is 11.8 Å². The SMILES string of the molecule is COc1cccc(C(=O)NCc2nnc(SCC(=O)N3N=C(c4cccs4)C[C@@H]3c3ccc(F)cc3)n2-c2cccc(C)c2C)c1. The Balaban J connectivity index is 1.25. The van der Waals surface area contributed by atoms with Crippen molar-refractivity contribution in [2.45, 2.75) is 38.0 Å². The monoisotopic (exact) mass is 654 g/mol. The molecule has 2 aromatic heterocycles. The number of aromatic nitrogens is 3. The summed E-state index contributed by atoms with van der Waals surface area (Å²) >= 11 is 2.81. The molecule has 0 unspecified atom stereocenters. The van der Waals surface area contributed by atoms with Crippen molar-refractivity contribution in [2.24, 2.45) is 5.10 Å². The van der Waals surface area contributed by atoms with Crippen LogP contribution in [0.5, 0.6) is 5.75 Å². The molecule has 1 atom stereocenters. The second kappa shape index (κ2) is 13.7. The number of hydrazone groups is 1. The Morgan fingerprint density at radius 2 is 1.85 bits per heavy atom. The van der Waals surface area contributed by atoms with Gasteiger partial charge in [0.15, 0.2) is 11.0 Å². The summed E-state index contributed by atoms with van der Waals surface area (Å²) in [7, 11) is 1.55. The number of benzene rings is 3. The van der Waals surface area contributed by atoms with Gasteiger partial charge in [-0.3, -0.25) is 14.2 Å². The van der Waals surface area contributed by atoms with Gasteiger partial charge >= 0.3 is 0 Å². The predicted molar refractivity (Wildman–Crippen MR) is 177 cm³/mol. The molecule has 1 N–H and O–H groups in total. The van der Waals surface area contributed by atoms with Crippen molar-refractivity contribution in [1.29, 1.82) is 0 Å². The van der Waals surface area contributed by atoms with Crippen molar-refractivity contribution >= 4 is 40.6 Å². The Labute approximate surface area is 274 Å². The summed E-state index contributed by atoms with van der Waals surface area (Å²) < 4.78 is 20.9. The highest BCUT2D eigenvalue weighted by molar-refractivity contribution is 7.99. The number of hydrogen-bond donors (Lipinski definition) is 1. The Morgan fingerprint density at radius 3 is 2.61 bits per heavy atom. The van der Waals surface area contributed by atoms with Crippen molar-refractivity contribution in [2.75, 3.05) is 12.9 Å². The zero-order chi connectivity index (χ0) is 32.2. The lowest BCUT2D eigenvalue weighted by Gasteiger charge is -2.22. The quantitative estimate of drug-likeness (QED) is 0.173. The largest absolute Gasteiger partial charge is 0.497 e. The van der Waals surface area contributed by atoms with Crippen molar-refractivity contribution in [3.8, 4) is 11.4 Å². The molecular formula is C34H31FN6O3S2. The lowest BCUT2D eigenvalue weighted by molar-refractivity contribution is -0.130. The molecule has 12 heteroatoms. The minimum atomic E-state index is -0.356. The van der Waals surface area contributed by atoms with E-state index in [0.29, 0.717) is 28.7 Å². The minimum Gasteiger partial charge on any atom is -0.497 e. The summed E-state index contributed by atoms with van der Waals surface area (Å²) in [4.78, 5) is 27.8. The average Bonchev–Trinajstić information content (AvgIpc) is 3.85. The summed E-state index contributed by atoms with van der Waals surface area (Å²) in [5.41, 5.74) is 5.05. The maximum atomic E-state index is 13.8. The highest BCUT2D eigenvalue weighted by Crippen LogP contribution is 2.35. The Kier molecular flexibility index (Phi) is 9.27. The third-order valence-corrected chi connectivity index (χ3v) is 9.64. The van der Waals surface area contributed by atoms with E-state index < -0.39 is 0 Å². The van der Waals surface area contributed by atoms with E-state index >= 15 is 0 Å². The van der Waals surface area contributed by atoms with E-state index in [0.717, 1.165) is 33.0 Å². The third kappa shape index (κ3) is 6.58. The molecule has 46 heavy (non-hydrogen) atoms. The van der Waals surface area contributed by atoms with Gasteiger partial charge in [-0.05, 0) is 78.4 Å². The number of thiophene rings is 1. The standard InChI is InChI=1S/C34H31FN6O3S2/c1-21-7-4-10-28(22(21)2)40-31(19-36-33(43)24-8-5-9-26(17-24)44-3)37-38-34(40)46-20-32(42)41-29(23-12-14-25(35)15-13-23)18-27(39-41)30-11-6-16-45-30/h4-17,29H,18-20H2,1-3H3,(H,36,43)/t29-/m1/s1. The van der Waals surface area contributed by atoms with Gasteiger partial charge in [0.2, 0.25) is 0 Å². The number of rotatable bonds is 10. The van der Waals surface area contributed by atoms with E-state index in [1.807, 2.05) is 54.1 Å². The Morgan fingerprint density at radius 1 is 1.04 bits per heavy atom. The summed E-state index contributed by atoms with van der Waals surface area (Å²) in [5.74, 6) is 0.312. The molecular weight excluding hydrogens is 624 g/mol. The van der Waals surface area contributed by atoms with Gasteiger partial charge in [0, 0.05) is 12.0 Å². The van der Waals surface area contributed by atoms with Crippen LogP contribution in [0.4, 0.5) is 4.39 Å². The Bertz CT molecular complexity index is 1910. The highest BCUT2D eigenvalue weighted by Gasteiger charge is 2.34. The summed E-state index contributed by atoms with van der Waals surface area (Å²) in [5, 5.41) is 20.5. The topological polar surface area (TPSA) is 102 Å². The lowest BCUT2D eigenvalue weighted by Crippen LogP contribution is -2.28. The van der Waals surface area contributed by atoms with Crippen molar-refractivity contribution in [3.05, 3.63) is 123 Å². The third-order valence-electron chi connectivity index (χ3n) is 7.81. The molecule has 0 saturated heterocycles. The van der Waals surface area contributed by atoms with Crippen molar-refractivity contribution < 1.29 is 18.7 Å². The summed E-state index contributed by atoms with van der Waals surface area (Å²) in [6.45, 7) is 4.15. The highest BCUT2D eigenvalue weighted by atomic mass is 32.2. The normalized spacial score (nSPS) is 14.3. The molecule has 2 amide bonds. The van der Waals surface area contributed by atoms with E-state index in [2.05, 4.69) is 15.5 Å². The number of methoxy groups -OCH3 is 1. The molecule has 1 aliphatic rings. The van der Waals surface area contributed by atoms with Gasteiger partial charge in [-0.15, -0.1) is 21.5 Å². The molecule has 0 fully saturated rings. The van der Waals surface area contributed by atoms with E-state index in [9.17, 15) is 14.0 Å². The smallest absolute Gasteiger partial charge is 0.253 e. The zero-order valence-corrected chi connectivity index (χ0v) is 27.1. The number of amides is 2. The number of halogens is 1. The molecule has 5 aromatic rings. The van der Waals surface area contributed by atoms with Crippen LogP contribution >= 0.6 is 23.1 Å². The first-order chi connectivity index (χ1) is 22.3. The molecule has 3 aromatic carbocycles. The molecule has 234 valence electrons. The molecule has 0 bridgehead atoms. The molecule has 1 aliphatic heterocycles. The molecule has 0 radical (unpaired) electrons. The fourth-order valence-electron chi connectivity index (χ4n) is 5.22. The van der Waals surface area contributed by atoms with E-state index in [1.165, 1.54) is 28.9 Å². The number of nitrogens with zero attached hydrogens (tertiary/aromatic N) is 5. The number of carbonyl (C=O) groups is 2. The number of ether oxygens (including phenoxy) is 1. The predicted octanol–water partition coefficient (Wildman–Crippen LogP) is 6.49. The first-order valence-corrected chi connectivity index (χ1v) is 16.4. The second-order valence-electron chi connectivity index (χ2n) is 10.7. The molecule has 0 aliphatic carbocycles. The van der Waals surface area contributed by atoms with Crippen LogP contribution in [0.1, 0.15) is 50.2 Å². The molecule has 3 heterocycles. The molecule has 0 spiro atoms. The fraction of sp³-hybridized carbons (Fsp3) is 0.206. The fourth-order valence-corrected chi connectivity index (χ4v) is 6.76. The lowest BCUT2D eigenvalue weighted by atomic mass is 10.0. The van der Waals surface area contributed by atoms with Gasteiger partial charge in [-0.2, -0.15) is 5.10 Å². The zero-order valence-electron chi connectivity index (χ0n) is 25.4. The van der Waals surface area contributed by atoms with Crippen LogP contribution in [0.25, 0.3) is 5.69 Å². The van der Waals surface area contributed by atoms with E-state index in [1.54, 1.807) is 54.8 Å². The minimum absolute atomic E-state index is 0.0398. The average molecular weight is 655 g/mol. The van der Waals surface area contributed by atoms with Crippen molar-refractivity contribution in [1.82, 2.24) is 25.1 Å². The van der Waals surface area contributed by atoms with Crippen LogP contribution in [0, 0.1) is 19.7 Å². The van der Waals surface area contributed by atoms with Gasteiger partial charge in [-0.1, -0.05) is 48.2 Å². The molecule has 6 rings (SSSR count). The first kappa shape index (κ1) is 31.2. The van der Waals surface area contributed by atoms with Crippen LogP contribution in [-0.2, 0) is 11.3 Å². The summed E-state index contributed by atoms with van der Waals surface area (Å²) in [6.07, 6.45) is 0.526. The van der Waals surface area contributed by atoms with Crippen LogP contribution in [-0.4, -0.2) is 50.2 Å². The van der Waals surface area contributed by atoms with Crippen LogP contribution in [0.2, 0.25) is 0 Å². The molecule has 0 saturated carbocycles. The van der Waals surface area contributed by atoms with E-state index in [4.69, 9.17) is 9.84 Å². The van der Waals surface area contributed by atoms with E-state index in [-0.39, 0.29) is 36.0 Å². The molecule has 9 nitrogen and oxygen atoms in total. The maximum Gasteiger partial charge on any atom is 0.253 e. The number of aryl methyl sites for hydroxylation is 1. The van der Waals surface area contributed by atoms with Crippen LogP contribution in [0.15, 0.2) is 94.5 Å². The maximum absolute atomic E-state index is 13.8. The van der Waals surface area contributed by atoms with Gasteiger partial charge in [0.1, 0.15) is 11.6 Å². The van der Waals surface area contributed by atoms with Gasteiger partial charge in [0.05, 0.1) is 41.7 Å². The Hall–Kier alpha value is -4.81. The van der Waals surface area contributed by atoms with Gasteiger partial charge in [-0.25, -0.2) is 9.40 Å². The second-order valence-corrected chi connectivity index (χ2v) is 12.6. The summed E-state index contributed by atoms with van der Waals surface area (Å²) in [6, 6.07) is 22.6. The number of nitrogens with one attached hydrogen (secondary N) is 1. The number of hydrogen-bond acceptors (Lipinski definition) is 8. The van der Waals surface area contributed by atoms with Crippen molar-refractivity contribution in [3.63, 3.8) is 0 Å². The van der Waals surface area contributed by atoms with Gasteiger partial charge < -0.3 is 10.1 Å². The van der Waals surface area contributed by atoms with Crippen LogP contribution < -0.4 is 10.1 Å².